The number of urea groups is 1. The quantitative estimate of drug-likeness (QED) is 0.848. The van der Waals surface area contributed by atoms with Gasteiger partial charge in [0, 0.05) is 37.5 Å². The number of hydrogen-bond acceptors (Lipinski definition) is 3. The molecule has 1 N–H and O–H groups in total. The van der Waals surface area contributed by atoms with Gasteiger partial charge in [0.05, 0.1) is 0 Å². The molecule has 1 saturated heterocycles. The van der Waals surface area contributed by atoms with Gasteiger partial charge in [-0.3, -0.25) is 4.90 Å². The van der Waals surface area contributed by atoms with E-state index in [1.807, 2.05) is 23.7 Å². The highest BCUT2D eigenvalue weighted by atomic mass is 32.2. The Hall–Kier alpha value is -0.420. The van der Waals surface area contributed by atoms with Gasteiger partial charge < -0.3 is 10.2 Å². The Kier molecular flexibility index (Phi) is 6.68. The zero-order chi connectivity index (χ0) is 15.2. The predicted molar refractivity (Wildman–Crippen MR) is 91.0 cm³/mol. The number of carbonyl (C=O) groups is 1. The number of thioether (sulfide) groups is 1. The standard InChI is InChI=1S/C16H31N3OS/c1-13-7-4-5-11-19(13)12-10-17-16(20)18(2)14-8-6-9-15(14)21-3/h13-15H,4-12H2,1-3H3,(H,17,20). The summed E-state index contributed by atoms with van der Waals surface area (Å²) in [5.41, 5.74) is 0. The molecule has 0 spiro atoms. The van der Waals surface area contributed by atoms with Crippen LogP contribution in [0.15, 0.2) is 0 Å². The molecule has 1 saturated carbocycles. The van der Waals surface area contributed by atoms with Crippen LogP contribution < -0.4 is 5.32 Å². The second-order valence-corrected chi connectivity index (χ2v) is 7.57. The number of nitrogens with zero attached hydrogens (tertiary/aromatic N) is 2. The third-order valence-electron chi connectivity index (χ3n) is 5.15. The third kappa shape index (κ3) is 4.52. The lowest BCUT2D eigenvalue weighted by atomic mass is 10.0. The van der Waals surface area contributed by atoms with E-state index >= 15 is 0 Å². The first-order valence-corrected chi connectivity index (χ1v) is 9.69. The van der Waals surface area contributed by atoms with Crippen LogP contribution in [-0.4, -0.2) is 66.1 Å². The van der Waals surface area contributed by atoms with Crippen molar-refractivity contribution >= 4 is 17.8 Å². The molecule has 0 aromatic heterocycles. The zero-order valence-electron chi connectivity index (χ0n) is 13.8. The van der Waals surface area contributed by atoms with E-state index in [0.717, 1.165) is 19.5 Å². The minimum Gasteiger partial charge on any atom is -0.337 e. The monoisotopic (exact) mass is 313 g/mol. The Morgan fingerprint density at radius 1 is 1.29 bits per heavy atom. The first kappa shape index (κ1) is 16.9. The summed E-state index contributed by atoms with van der Waals surface area (Å²) < 4.78 is 0. The van der Waals surface area contributed by atoms with Crippen LogP contribution in [0.3, 0.4) is 0 Å². The van der Waals surface area contributed by atoms with Gasteiger partial charge >= 0.3 is 6.03 Å². The van der Waals surface area contributed by atoms with E-state index in [9.17, 15) is 4.79 Å². The summed E-state index contributed by atoms with van der Waals surface area (Å²) in [7, 11) is 1.96. The van der Waals surface area contributed by atoms with Crippen LogP contribution in [-0.2, 0) is 0 Å². The topological polar surface area (TPSA) is 35.6 Å². The lowest BCUT2D eigenvalue weighted by molar-refractivity contribution is 0.157. The van der Waals surface area contributed by atoms with E-state index < -0.39 is 0 Å². The van der Waals surface area contributed by atoms with E-state index in [2.05, 4.69) is 23.4 Å². The average Bonchev–Trinajstić information content (AvgIpc) is 2.96. The summed E-state index contributed by atoms with van der Waals surface area (Å²) in [6, 6.07) is 1.18. The fourth-order valence-electron chi connectivity index (χ4n) is 3.70. The van der Waals surface area contributed by atoms with Gasteiger partial charge in [0.15, 0.2) is 0 Å². The molecule has 0 bridgehead atoms. The van der Waals surface area contributed by atoms with Crippen molar-refractivity contribution in [2.45, 2.75) is 62.8 Å². The maximum absolute atomic E-state index is 12.3. The van der Waals surface area contributed by atoms with E-state index in [-0.39, 0.29) is 6.03 Å². The largest absolute Gasteiger partial charge is 0.337 e. The Morgan fingerprint density at radius 2 is 2.10 bits per heavy atom. The Bertz CT molecular complexity index is 339. The molecule has 5 heteroatoms. The average molecular weight is 314 g/mol. The molecule has 1 aliphatic carbocycles. The fraction of sp³-hybridized carbons (Fsp3) is 0.938. The number of hydrogen-bond donors (Lipinski definition) is 1. The van der Waals surface area contributed by atoms with Crippen LogP contribution >= 0.6 is 11.8 Å². The molecule has 122 valence electrons. The van der Waals surface area contributed by atoms with Gasteiger partial charge in [0.1, 0.15) is 0 Å². The number of carbonyl (C=O) groups excluding carboxylic acids is 1. The maximum Gasteiger partial charge on any atom is 0.317 e. The van der Waals surface area contributed by atoms with E-state index in [0.29, 0.717) is 17.3 Å². The second-order valence-electron chi connectivity index (χ2n) is 6.50. The first-order chi connectivity index (χ1) is 10.1. The lowest BCUT2D eigenvalue weighted by Gasteiger charge is -2.34. The molecule has 2 fully saturated rings. The number of likely N-dealkylation sites (tertiary alicyclic amines) is 1. The van der Waals surface area contributed by atoms with E-state index in [1.165, 1.54) is 38.6 Å². The minimum absolute atomic E-state index is 0.102. The first-order valence-electron chi connectivity index (χ1n) is 8.41. The van der Waals surface area contributed by atoms with Crippen molar-refractivity contribution in [3.63, 3.8) is 0 Å². The summed E-state index contributed by atoms with van der Waals surface area (Å²) in [5, 5.41) is 3.72. The highest BCUT2D eigenvalue weighted by Gasteiger charge is 2.32. The van der Waals surface area contributed by atoms with Gasteiger partial charge in [-0.1, -0.05) is 12.8 Å². The van der Waals surface area contributed by atoms with Gasteiger partial charge in [-0.2, -0.15) is 11.8 Å². The van der Waals surface area contributed by atoms with Gasteiger partial charge in [-0.25, -0.2) is 4.79 Å². The summed E-state index contributed by atoms with van der Waals surface area (Å²) in [6.45, 7) is 5.24. The maximum atomic E-state index is 12.3. The van der Waals surface area contributed by atoms with Gasteiger partial charge in [-0.15, -0.1) is 0 Å². The Labute approximate surface area is 134 Å². The molecule has 4 nitrogen and oxygen atoms in total. The van der Waals surface area contributed by atoms with Crippen molar-refractivity contribution in [3.05, 3.63) is 0 Å². The summed E-state index contributed by atoms with van der Waals surface area (Å²) in [4.78, 5) is 16.7. The van der Waals surface area contributed by atoms with Crippen molar-refractivity contribution in [1.29, 1.82) is 0 Å². The molecule has 0 aromatic rings. The van der Waals surface area contributed by atoms with E-state index in [4.69, 9.17) is 0 Å². The number of nitrogens with one attached hydrogen (secondary N) is 1. The van der Waals surface area contributed by atoms with Gasteiger partial charge in [-0.05, 0) is 45.4 Å². The molecule has 1 heterocycles. The predicted octanol–water partition coefficient (Wildman–Crippen LogP) is 2.79. The van der Waals surface area contributed by atoms with Crippen LogP contribution in [0, 0.1) is 0 Å². The number of piperidine rings is 1. The third-order valence-corrected chi connectivity index (χ3v) is 6.31. The number of amides is 2. The second kappa shape index (κ2) is 8.28. The molecule has 3 unspecified atom stereocenters. The highest BCUT2D eigenvalue weighted by Crippen LogP contribution is 2.31. The Balaban J connectivity index is 1.71. The molecule has 0 aromatic carbocycles. The van der Waals surface area contributed by atoms with Crippen LogP contribution in [0.1, 0.15) is 45.4 Å². The molecule has 2 aliphatic rings. The van der Waals surface area contributed by atoms with Crippen molar-refractivity contribution in [2.75, 3.05) is 32.9 Å². The summed E-state index contributed by atoms with van der Waals surface area (Å²) >= 11 is 1.90. The molecule has 2 rings (SSSR count). The van der Waals surface area contributed by atoms with Crippen molar-refractivity contribution < 1.29 is 4.79 Å². The molecular weight excluding hydrogens is 282 g/mol. The number of rotatable bonds is 5. The Morgan fingerprint density at radius 3 is 2.81 bits per heavy atom. The van der Waals surface area contributed by atoms with Crippen LogP contribution in [0.5, 0.6) is 0 Å². The van der Waals surface area contributed by atoms with E-state index in [1.54, 1.807) is 0 Å². The van der Waals surface area contributed by atoms with Crippen molar-refractivity contribution in [1.82, 2.24) is 15.1 Å². The van der Waals surface area contributed by atoms with Crippen LogP contribution in [0.4, 0.5) is 4.79 Å². The lowest BCUT2D eigenvalue weighted by Crippen LogP contribution is -2.48. The molecule has 21 heavy (non-hydrogen) atoms. The summed E-state index contributed by atoms with van der Waals surface area (Å²) in [5.74, 6) is 0. The van der Waals surface area contributed by atoms with Crippen molar-refractivity contribution in [2.24, 2.45) is 0 Å². The summed E-state index contributed by atoms with van der Waals surface area (Å²) in [6.07, 6.45) is 9.75. The smallest absolute Gasteiger partial charge is 0.317 e. The van der Waals surface area contributed by atoms with Gasteiger partial charge in [0.25, 0.3) is 0 Å². The van der Waals surface area contributed by atoms with Crippen LogP contribution in [0.2, 0.25) is 0 Å². The minimum atomic E-state index is 0.102. The molecular formula is C16H31N3OS. The molecule has 1 aliphatic heterocycles. The van der Waals surface area contributed by atoms with Crippen molar-refractivity contribution in [3.8, 4) is 0 Å². The highest BCUT2D eigenvalue weighted by molar-refractivity contribution is 7.99. The normalized spacial score (nSPS) is 30.3. The molecule has 2 amide bonds. The van der Waals surface area contributed by atoms with Gasteiger partial charge in [0.2, 0.25) is 0 Å². The molecule has 3 atom stereocenters. The molecule has 0 radical (unpaired) electrons. The SMILES string of the molecule is CSC1CCCC1N(C)C(=O)NCCN1CCCCC1C. The fourth-order valence-corrected chi connectivity index (χ4v) is 4.73. The van der Waals surface area contributed by atoms with Crippen LogP contribution in [0.25, 0.3) is 0 Å². The zero-order valence-corrected chi connectivity index (χ0v) is 14.6.